The molecule has 1 N–H and O–H groups in total. The summed E-state index contributed by atoms with van der Waals surface area (Å²) in [6, 6.07) is 2.70. The molecule has 0 aliphatic carbocycles. The first kappa shape index (κ1) is 17.6. The Morgan fingerprint density at radius 2 is 2.17 bits per heavy atom. The molecule has 0 aliphatic rings. The van der Waals surface area contributed by atoms with E-state index in [-0.39, 0.29) is 30.5 Å². The number of hydrogen-bond acceptors (Lipinski definition) is 7. The van der Waals surface area contributed by atoms with E-state index in [1.807, 2.05) is 0 Å². The molecule has 0 spiro atoms. The standard InChI is InChI=1S/C14H14N2O7S/c1-2-23-14(20)10(5-6-12(17)18)15-13(19)9-4-3-8(16(21)22)7-11(9)24-15/h3-4,7,10H,2,5-6H2,1H3,(H,17,18). The minimum atomic E-state index is -1.10. The van der Waals surface area contributed by atoms with Crippen molar-refractivity contribution < 1.29 is 24.4 Å². The van der Waals surface area contributed by atoms with Gasteiger partial charge >= 0.3 is 11.9 Å². The van der Waals surface area contributed by atoms with Gasteiger partial charge < -0.3 is 9.84 Å². The monoisotopic (exact) mass is 354 g/mol. The fourth-order valence-electron chi connectivity index (χ4n) is 2.18. The molecular weight excluding hydrogens is 340 g/mol. The van der Waals surface area contributed by atoms with Gasteiger partial charge in [0.25, 0.3) is 11.2 Å². The van der Waals surface area contributed by atoms with Gasteiger partial charge in [-0.25, -0.2) is 8.75 Å². The molecule has 128 valence electrons. The number of non-ortho nitro benzene ring substituents is 1. The predicted molar refractivity (Wildman–Crippen MR) is 85.3 cm³/mol. The quantitative estimate of drug-likeness (QED) is 0.457. The maximum atomic E-state index is 12.5. The zero-order valence-electron chi connectivity index (χ0n) is 12.6. The number of rotatable bonds is 7. The molecule has 0 radical (unpaired) electrons. The van der Waals surface area contributed by atoms with E-state index >= 15 is 0 Å². The van der Waals surface area contributed by atoms with Gasteiger partial charge in [-0.2, -0.15) is 0 Å². The Morgan fingerprint density at radius 1 is 1.46 bits per heavy atom. The Bertz CT molecular complexity index is 854. The molecule has 10 heteroatoms. The number of fused-ring (bicyclic) bond motifs is 1. The van der Waals surface area contributed by atoms with E-state index in [1.165, 1.54) is 18.2 Å². The lowest BCUT2D eigenvalue weighted by Gasteiger charge is -2.14. The van der Waals surface area contributed by atoms with Crippen molar-refractivity contribution in [3.8, 4) is 0 Å². The Hall–Kier alpha value is -2.75. The maximum absolute atomic E-state index is 12.5. The summed E-state index contributed by atoms with van der Waals surface area (Å²) in [7, 11) is 0. The second-order valence-corrected chi connectivity index (χ2v) is 5.88. The average Bonchev–Trinajstić information content (AvgIpc) is 2.84. The van der Waals surface area contributed by atoms with Crippen LogP contribution in [-0.2, 0) is 14.3 Å². The van der Waals surface area contributed by atoms with Crippen LogP contribution in [0.25, 0.3) is 10.1 Å². The van der Waals surface area contributed by atoms with Crippen LogP contribution in [-0.4, -0.2) is 32.5 Å². The third-order valence-corrected chi connectivity index (χ3v) is 4.43. The third-order valence-electron chi connectivity index (χ3n) is 3.28. The summed E-state index contributed by atoms with van der Waals surface area (Å²) >= 11 is 0.875. The molecule has 24 heavy (non-hydrogen) atoms. The van der Waals surface area contributed by atoms with Gasteiger partial charge in [-0.3, -0.25) is 19.7 Å². The number of benzene rings is 1. The van der Waals surface area contributed by atoms with E-state index in [0.717, 1.165) is 15.5 Å². The van der Waals surface area contributed by atoms with Crippen LogP contribution in [0, 0.1) is 10.1 Å². The van der Waals surface area contributed by atoms with E-state index in [0.29, 0.717) is 4.70 Å². The van der Waals surface area contributed by atoms with Crippen molar-refractivity contribution in [2.75, 3.05) is 6.61 Å². The van der Waals surface area contributed by atoms with Crippen LogP contribution in [0.2, 0.25) is 0 Å². The first-order valence-electron chi connectivity index (χ1n) is 7.03. The first-order valence-corrected chi connectivity index (χ1v) is 7.81. The number of carbonyl (C=O) groups excluding carboxylic acids is 1. The van der Waals surface area contributed by atoms with Crippen LogP contribution in [0.3, 0.4) is 0 Å². The molecule has 0 saturated heterocycles. The van der Waals surface area contributed by atoms with Crippen molar-refractivity contribution in [2.45, 2.75) is 25.8 Å². The number of nitrogens with zero attached hydrogens (tertiary/aromatic N) is 2. The van der Waals surface area contributed by atoms with Gasteiger partial charge in [0.15, 0.2) is 0 Å². The SMILES string of the molecule is CCOC(=O)C(CCC(=O)O)n1sc2cc([N+](=O)[O-])ccc2c1=O. The normalized spacial score (nSPS) is 12.0. The smallest absolute Gasteiger partial charge is 0.330 e. The van der Waals surface area contributed by atoms with Crippen LogP contribution in [0.15, 0.2) is 23.0 Å². The number of nitro benzene ring substituents is 1. The lowest BCUT2D eigenvalue weighted by molar-refractivity contribution is -0.384. The van der Waals surface area contributed by atoms with E-state index in [9.17, 15) is 24.5 Å². The molecule has 1 aromatic heterocycles. The van der Waals surface area contributed by atoms with Crippen LogP contribution in [0.5, 0.6) is 0 Å². The molecule has 0 amide bonds. The van der Waals surface area contributed by atoms with Crippen LogP contribution in [0.4, 0.5) is 5.69 Å². The molecule has 0 fully saturated rings. The number of esters is 1. The molecule has 0 aliphatic heterocycles. The fourth-order valence-corrected chi connectivity index (χ4v) is 3.32. The minimum absolute atomic E-state index is 0.0908. The second-order valence-electron chi connectivity index (χ2n) is 4.86. The lowest BCUT2D eigenvalue weighted by Crippen LogP contribution is -2.28. The van der Waals surface area contributed by atoms with Gasteiger partial charge in [-0.15, -0.1) is 0 Å². The van der Waals surface area contributed by atoms with Gasteiger partial charge in [0.05, 0.1) is 21.6 Å². The Labute approximate surface area is 139 Å². The second kappa shape index (κ2) is 7.21. The third kappa shape index (κ3) is 3.59. The van der Waals surface area contributed by atoms with Gasteiger partial charge in [0, 0.05) is 18.6 Å². The Morgan fingerprint density at radius 3 is 2.75 bits per heavy atom. The van der Waals surface area contributed by atoms with Crippen molar-refractivity contribution in [1.29, 1.82) is 0 Å². The summed E-state index contributed by atoms with van der Waals surface area (Å²) in [5, 5.41) is 19.9. The number of carbonyl (C=O) groups is 2. The zero-order chi connectivity index (χ0) is 17.9. The van der Waals surface area contributed by atoms with Crippen molar-refractivity contribution in [1.82, 2.24) is 3.96 Å². The van der Waals surface area contributed by atoms with Crippen LogP contribution >= 0.6 is 11.5 Å². The number of ether oxygens (including phenoxy) is 1. The van der Waals surface area contributed by atoms with Crippen LogP contribution < -0.4 is 5.56 Å². The highest BCUT2D eigenvalue weighted by atomic mass is 32.1. The Kier molecular flexibility index (Phi) is 5.29. The number of aromatic nitrogens is 1. The van der Waals surface area contributed by atoms with E-state index in [2.05, 4.69) is 0 Å². The Balaban J connectivity index is 2.50. The summed E-state index contributed by atoms with van der Waals surface area (Å²) in [6.07, 6.45) is -0.423. The van der Waals surface area contributed by atoms with Gasteiger partial charge in [-0.1, -0.05) is 11.5 Å². The maximum Gasteiger partial charge on any atom is 0.330 e. The molecule has 1 heterocycles. The fraction of sp³-hybridized carbons (Fsp3) is 0.357. The molecule has 0 saturated carbocycles. The number of carboxylic acids is 1. The molecule has 1 aromatic carbocycles. The summed E-state index contributed by atoms with van der Waals surface area (Å²) in [5.74, 6) is -1.81. The number of nitro groups is 1. The average molecular weight is 354 g/mol. The number of hydrogen-bond donors (Lipinski definition) is 1. The topological polar surface area (TPSA) is 129 Å². The van der Waals surface area contributed by atoms with Crippen LogP contribution in [0.1, 0.15) is 25.8 Å². The zero-order valence-corrected chi connectivity index (χ0v) is 13.4. The van der Waals surface area contributed by atoms with E-state index in [1.54, 1.807) is 6.92 Å². The molecular formula is C14H14N2O7S. The van der Waals surface area contributed by atoms with Gasteiger partial charge in [0.1, 0.15) is 6.04 Å². The first-order chi connectivity index (χ1) is 11.3. The van der Waals surface area contributed by atoms with Gasteiger partial charge in [-0.05, 0) is 19.4 Å². The molecule has 2 aromatic rings. The highest BCUT2D eigenvalue weighted by Gasteiger charge is 2.26. The highest BCUT2D eigenvalue weighted by molar-refractivity contribution is 7.14. The number of carboxylic acid groups (broad SMARTS) is 1. The van der Waals surface area contributed by atoms with E-state index < -0.39 is 28.5 Å². The predicted octanol–water partition coefficient (Wildman–Crippen LogP) is 1.94. The van der Waals surface area contributed by atoms with Crippen molar-refractivity contribution >= 4 is 39.2 Å². The molecule has 9 nitrogen and oxygen atoms in total. The lowest BCUT2D eigenvalue weighted by atomic mass is 10.1. The summed E-state index contributed by atoms with van der Waals surface area (Å²) in [4.78, 5) is 45.6. The minimum Gasteiger partial charge on any atom is -0.481 e. The molecule has 1 atom stereocenters. The highest BCUT2D eigenvalue weighted by Crippen LogP contribution is 2.26. The van der Waals surface area contributed by atoms with Crippen molar-refractivity contribution in [3.05, 3.63) is 38.7 Å². The molecule has 2 rings (SSSR count). The summed E-state index contributed by atoms with van der Waals surface area (Å²) in [6.45, 7) is 1.69. The van der Waals surface area contributed by atoms with Gasteiger partial charge in [0.2, 0.25) is 0 Å². The molecule has 1 unspecified atom stereocenters. The van der Waals surface area contributed by atoms with E-state index in [4.69, 9.17) is 9.84 Å². The van der Waals surface area contributed by atoms with Crippen molar-refractivity contribution in [3.63, 3.8) is 0 Å². The summed E-state index contributed by atoms with van der Waals surface area (Å²) in [5.41, 5.74) is -0.678. The molecule has 0 bridgehead atoms. The number of aliphatic carboxylic acids is 1. The summed E-state index contributed by atoms with van der Waals surface area (Å²) < 4.78 is 6.38. The largest absolute Gasteiger partial charge is 0.481 e. The van der Waals surface area contributed by atoms with Crippen molar-refractivity contribution in [2.24, 2.45) is 0 Å².